The van der Waals surface area contributed by atoms with Gasteiger partial charge in [-0.3, -0.25) is 9.69 Å². The average Bonchev–Trinajstić information content (AvgIpc) is 3.05. The summed E-state index contributed by atoms with van der Waals surface area (Å²) in [5.41, 5.74) is 0. The number of halogens is 3. The predicted octanol–water partition coefficient (Wildman–Crippen LogP) is 1.51. The molecule has 1 amide bonds. The van der Waals surface area contributed by atoms with Gasteiger partial charge in [-0.05, 0) is 25.2 Å². The minimum atomic E-state index is -4.34. The molecular weight excluding hydrogens is 273 g/mol. The Labute approximate surface area is 116 Å². The number of nitrogens with zero attached hydrogens (tertiary/aromatic N) is 2. The van der Waals surface area contributed by atoms with Crippen molar-refractivity contribution >= 4 is 5.91 Å². The van der Waals surface area contributed by atoms with Crippen LogP contribution >= 0.6 is 0 Å². The van der Waals surface area contributed by atoms with E-state index < -0.39 is 18.6 Å². The van der Waals surface area contributed by atoms with E-state index in [-0.39, 0.29) is 6.54 Å². The van der Waals surface area contributed by atoms with Crippen LogP contribution in [0.1, 0.15) is 19.3 Å². The minimum Gasteiger partial charge on any atom is -0.381 e. The van der Waals surface area contributed by atoms with Crippen molar-refractivity contribution < 1.29 is 22.7 Å². The van der Waals surface area contributed by atoms with Crippen LogP contribution in [0.4, 0.5) is 13.2 Å². The van der Waals surface area contributed by atoms with Gasteiger partial charge >= 0.3 is 6.18 Å². The van der Waals surface area contributed by atoms with E-state index in [1.54, 1.807) is 0 Å². The van der Waals surface area contributed by atoms with Crippen LogP contribution in [0.15, 0.2) is 0 Å². The van der Waals surface area contributed by atoms with Crippen molar-refractivity contribution in [3.8, 4) is 0 Å². The maximum Gasteiger partial charge on any atom is 0.406 e. The molecule has 20 heavy (non-hydrogen) atoms. The van der Waals surface area contributed by atoms with E-state index in [9.17, 15) is 18.0 Å². The fourth-order valence-electron chi connectivity index (χ4n) is 2.49. The Bertz CT molecular complexity index is 339. The van der Waals surface area contributed by atoms with E-state index in [2.05, 4.69) is 0 Å². The Kier molecular flexibility index (Phi) is 4.90. The average molecular weight is 294 g/mol. The molecule has 7 heteroatoms. The van der Waals surface area contributed by atoms with Crippen molar-refractivity contribution in [3.63, 3.8) is 0 Å². The molecule has 0 radical (unpaired) electrons. The molecule has 116 valence electrons. The van der Waals surface area contributed by atoms with E-state index in [0.717, 1.165) is 37.3 Å². The first-order chi connectivity index (χ1) is 9.35. The highest BCUT2D eigenvalue weighted by Gasteiger charge is 2.35. The summed E-state index contributed by atoms with van der Waals surface area (Å²) >= 11 is 0. The molecule has 1 saturated heterocycles. The summed E-state index contributed by atoms with van der Waals surface area (Å²) in [5.74, 6) is -0.0653. The number of carbonyl (C=O) groups is 1. The predicted molar refractivity (Wildman–Crippen MR) is 67.2 cm³/mol. The Hall–Kier alpha value is -0.820. The van der Waals surface area contributed by atoms with Crippen LogP contribution in [0.3, 0.4) is 0 Å². The summed E-state index contributed by atoms with van der Waals surface area (Å²) in [5, 5.41) is 0. The number of rotatable bonds is 6. The highest BCUT2D eigenvalue weighted by Crippen LogP contribution is 2.29. The van der Waals surface area contributed by atoms with E-state index in [1.165, 1.54) is 7.05 Å². The zero-order valence-corrected chi connectivity index (χ0v) is 11.7. The molecule has 0 aromatic rings. The summed E-state index contributed by atoms with van der Waals surface area (Å²) in [6, 6.07) is 0.360. The van der Waals surface area contributed by atoms with Crippen LogP contribution in [0.25, 0.3) is 0 Å². The lowest BCUT2D eigenvalue weighted by molar-refractivity contribution is -0.159. The Morgan fingerprint density at radius 2 is 2.00 bits per heavy atom. The van der Waals surface area contributed by atoms with Gasteiger partial charge in [-0.1, -0.05) is 0 Å². The van der Waals surface area contributed by atoms with Gasteiger partial charge in [0.2, 0.25) is 5.91 Å². The molecule has 1 heterocycles. The van der Waals surface area contributed by atoms with Crippen molar-refractivity contribution in [2.75, 3.05) is 39.9 Å². The third-order valence-electron chi connectivity index (χ3n) is 3.76. The van der Waals surface area contributed by atoms with Gasteiger partial charge < -0.3 is 9.64 Å². The van der Waals surface area contributed by atoms with Gasteiger partial charge in [0.1, 0.15) is 6.54 Å². The van der Waals surface area contributed by atoms with Crippen molar-refractivity contribution in [3.05, 3.63) is 0 Å². The smallest absolute Gasteiger partial charge is 0.381 e. The first-order valence-electron chi connectivity index (χ1n) is 6.97. The van der Waals surface area contributed by atoms with Crippen LogP contribution in [-0.2, 0) is 9.53 Å². The molecule has 1 aliphatic carbocycles. The molecule has 2 aliphatic rings. The molecule has 0 aromatic carbocycles. The Morgan fingerprint density at radius 3 is 2.50 bits per heavy atom. The maximum atomic E-state index is 12.3. The lowest BCUT2D eigenvalue weighted by atomic mass is 10.1. The summed E-state index contributed by atoms with van der Waals surface area (Å²) in [6.45, 7) is 1.07. The van der Waals surface area contributed by atoms with E-state index in [0.29, 0.717) is 18.6 Å². The number of likely N-dealkylation sites (N-methyl/N-ethyl adjacent to an activating group) is 1. The number of ether oxygens (including phenoxy) is 1. The largest absolute Gasteiger partial charge is 0.406 e. The van der Waals surface area contributed by atoms with Gasteiger partial charge in [-0.15, -0.1) is 0 Å². The molecule has 0 N–H and O–H groups in total. The molecule has 0 aromatic heterocycles. The second-order valence-corrected chi connectivity index (χ2v) is 5.76. The van der Waals surface area contributed by atoms with Crippen LogP contribution < -0.4 is 0 Å². The Balaban J connectivity index is 1.82. The second kappa shape index (κ2) is 6.30. The minimum absolute atomic E-state index is 0.0771. The van der Waals surface area contributed by atoms with E-state index in [4.69, 9.17) is 4.74 Å². The summed E-state index contributed by atoms with van der Waals surface area (Å²) in [6.07, 6.45) is -1.31. The molecule has 1 aliphatic heterocycles. The molecule has 1 atom stereocenters. The third-order valence-corrected chi connectivity index (χ3v) is 3.76. The van der Waals surface area contributed by atoms with Gasteiger partial charge in [0.15, 0.2) is 0 Å². The number of amides is 1. The highest BCUT2D eigenvalue weighted by molar-refractivity contribution is 5.78. The number of carbonyl (C=O) groups excluding carboxylic acids is 1. The molecule has 1 unspecified atom stereocenters. The Morgan fingerprint density at radius 1 is 1.30 bits per heavy atom. The number of alkyl halides is 3. The van der Waals surface area contributed by atoms with Gasteiger partial charge in [-0.2, -0.15) is 13.2 Å². The monoisotopic (exact) mass is 294 g/mol. The zero-order valence-electron chi connectivity index (χ0n) is 11.7. The summed E-state index contributed by atoms with van der Waals surface area (Å²) < 4.78 is 42.1. The second-order valence-electron chi connectivity index (χ2n) is 5.76. The van der Waals surface area contributed by atoms with Crippen LogP contribution in [0, 0.1) is 5.92 Å². The standard InChI is InChI=1S/C13H21F3N2O2/c1-17(9-13(14,15)16)12(19)7-18(11-2-3-11)6-10-4-5-20-8-10/h10-11H,2-9H2,1H3. The van der Waals surface area contributed by atoms with Crippen molar-refractivity contribution in [1.29, 1.82) is 0 Å². The van der Waals surface area contributed by atoms with Gasteiger partial charge in [0, 0.05) is 26.2 Å². The quantitative estimate of drug-likeness (QED) is 0.744. The van der Waals surface area contributed by atoms with E-state index in [1.807, 2.05) is 4.90 Å². The molecule has 0 bridgehead atoms. The molecular formula is C13H21F3N2O2. The molecule has 0 spiro atoms. The first-order valence-corrected chi connectivity index (χ1v) is 6.97. The van der Waals surface area contributed by atoms with Gasteiger partial charge in [0.05, 0.1) is 13.2 Å². The topological polar surface area (TPSA) is 32.8 Å². The highest BCUT2D eigenvalue weighted by atomic mass is 19.4. The van der Waals surface area contributed by atoms with Gasteiger partial charge in [-0.25, -0.2) is 0 Å². The number of hydrogen-bond donors (Lipinski definition) is 0. The summed E-state index contributed by atoms with van der Waals surface area (Å²) in [7, 11) is 1.21. The zero-order chi connectivity index (χ0) is 14.8. The van der Waals surface area contributed by atoms with Gasteiger partial charge in [0.25, 0.3) is 0 Å². The fraction of sp³-hybridized carbons (Fsp3) is 0.923. The molecule has 2 fully saturated rings. The normalized spacial score (nSPS) is 23.4. The lowest BCUT2D eigenvalue weighted by Crippen LogP contribution is -2.44. The van der Waals surface area contributed by atoms with Crippen LogP contribution in [-0.4, -0.2) is 67.8 Å². The van der Waals surface area contributed by atoms with Crippen molar-refractivity contribution in [2.45, 2.75) is 31.5 Å². The SMILES string of the molecule is CN(CC(F)(F)F)C(=O)CN(CC1CCOC1)C1CC1. The molecule has 1 saturated carbocycles. The fourth-order valence-corrected chi connectivity index (χ4v) is 2.49. The van der Waals surface area contributed by atoms with Crippen LogP contribution in [0.5, 0.6) is 0 Å². The van der Waals surface area contributed by atoms with E-state index >= 15 is 0 Å². The molecule has 2 rings (SSSR count). The lowest BCUT2D eigenvalue weighted by Gasteiger charge is -2.27. The number of hydrogen-bond acceptors (Lipinski definition) is 3. The third kappa shape index (κ3) is 4.94. The molecule has 4 nitrogen and oxygen atoms in total. The summed E-state index contributed by atoms with van der Waals surface area (Å²) in [4.78, 5) is 14.7. The van der Waals surface area contributed by atoms with Crippen molar-refractivity contribution in [2.24, 2.45) is 5.92 Å². The van der Waals surface area contributed by atoms with Crippen LogP contribution in [0.2, 0.25) is 0 Å². The first kappa shape index (κ1) is 15.6. The van der Waals surface area contributed by atoms with Crippen molar-refractivity contribution in [1.82, 2.24) is 9.80 Å². The maximum absolute atomic E-state index is 12.3.